The number of carbonyl (C=O) groups is 3. The Bertz CT molecular complexity index is 2030. The van der Waals surface area contributed by atoms with Crippen LogP contribution in [0.4, 0.5) is 5.82 Å². The average molecular weight is 854 g/mol. The quantitative estimate of drug-likeness (QED) is 0.0527. The van der Waals surface area contributed by atoms with Crippen molar-refractivity contribution in [3.8, 4) is 0 Å². The molecule has 1 aliphatic heterocycles. The summed E-state index contributed by atoms with van der Waals surface area (Å²) in [5.41, 5.74) is 2.78. The Morgan fingerprint density at radius 3 is 2.30 bits per heavy atom. The van der Waals surface area contributed by atoms with Gasteiger partial charge in [-0.3, -0.25) is 32.5 Å². The number of anilines is 1. The molecule has 10 N–H and O–H groups in total. The third-order valence-electron chi connectivity index (χ3n) is 8.33. The number of hydrogen-bond acceptors (Lipinski definition) is 17. The molecule has 4 rings (SSSR count). The van der Waals surface area contributed by atoms with Gasteiger partial charge in [-0.15, -0.1) is 0 Å². The SMILES string of the molecule is CC(C)(COP(=O)(O)OP(=O)(O)OCC1OC(C)(n2cnc3c(N)ncnc32)C(O)C1OP(=O)(O)O)C(O)C(=O)NCCC(=O)NCCC(=O)c1ccccc1. The summed E-state index contributed by atoms with van der Waals surface area (Å²) in [7, 11) is -16.5. The second kappa shape index (κ2) is 17.9. The highest BCUT2D eigenvalue weighted by Gasteiger charge is 2.57. The number of nitrogens with one attached hydrogen (secondary N) is 2. The number of benzene rings is 1. The highest BCUT2D eigenvalue weighted by molar-refractivity contribution is 7.61. The molecule has 56 heavy (non-hydrogen) atoms. The van der Waals surface area contributed by atoms with Gasteiger partial charge >= 0.3 is 23.5 Å². The number of rotatable bonds is 20. The highest BCUT2D eigenvalue weighted by Crippen LogP contribution is 2.61. The van der Waals surface area contributed by atoms with E-state index in [-0.39, 0.29) is 48.7 Å². The number of nitrogens with two attached hydrogens (primary N) is 1. The van der Waals surface area contributed by atoms with Crippen molar-refractivity contribution in [3.05, 3.63) is 48.5 Å². The molecule has 0 bridgehead atoms. The molecule has 3 heterocycles. The molecular weight excluding hydrogens is 811 g/mol. The number of aromatic nitrogens is 4. The van der Waals surface area contributed by atoms with E-state index in [0.29, 0.717) is 5.56 Å². The van der Waals surface area contributed by atoms with E-state index in [1.807, 2.05) is 0 Å². The van der Waals surface area contributed by atoms with Crippen molar-refractivity contribution in [2.75, 3.05) is 32.0 Å². The molecule has 0 radical (unpaired) electrons. The third kappa shape index (κ3) is 11.7. The van der Waals surface area contributed by atoms with E-state index < -0.39 is 84.1 Å². The fourth-order valence-corrected chi connectivity index (χ4v) is 8.16. The maximum absolute atomic E-state index is 12.7. The molecule has 0 spiro atoms. The van der Waals surface area contributed by atoms with Crippen LogP contribution in [0.1, 0.15) is 44.0 Å². The van der Waals surface area contributed by atoms with Crippen molar-refractivity contribution >= 4 is 58.0 Å². The summed E-state index contributed by atoms with van der Waals surface area (Å²) in [5, 5.41) is 26.6. The van der Waals surface area contributed by atoms with Crippen LogP contribution in [-0.4, -0.2) is 118 Å². The number of nitrogens with zero attached hydrogens (tertiary/aromatic N) is 4. The molecule has 2 amide bonds. The lowest BCUT2D eigenvalue weighted by Crippen LogP contribution is -2.46. The van der Waals surface area contributed by atoms with Crippen LogP contribution >= 0.6 is 23.5 Å². The minimum absolute atomic E-state index is 0.0170. The van der Waals surface area contributed by atoms with Crippen LogP contribution in [0.5, 0.6) is 0 Å². The summed E-state index contributed by atoms with van der Waals surface area (Å²) in [6, 6.07) is 8.47. The van der Waals surface area contributed by atoms with Gasteiger partial charge in [-0.2, -0.15) is 4.31 Å². The molecule has 310 valence electrons. The predicted octanol–water partition coefficient (Wildman–Crippen LogP) is -0.148. The Balaban J connectivity index is 1.28. The number of phosphoric ester groups is 3. The molecule has 2 aromatic heterocycles. The number of nitrogen functional groups attached to an aromatic ring is 1. The summed E-state index contributed by atoms with van der Waals surface area (Å²) in [6.07, 6.45) is -5.50. The van der Waals surface area contributed by atoms with E-state index in [1.165, 1.54) is 20.8 Å². The second-order valence-electron chi connectivity index (χ2n) is 13.2. The van der Waals surface area contributed by atoms with Crippen LogP contribution in [-0.2, 0) is 51.6 Å². The first kappa shape index (κ1) is 45.1. The Morgan fingerprint density at radius 2 is 1.64 bits per heavy atom. The van der Waals surface area contributed by atoms with E-state index in [2.05, 4.69) is 29.9 Å². The van der Waals surface area contributed by atoms with E-state index in [1.54, 1.807) is 30.3 Å². The van der Waals surface area contributed by atoms with Gasteiger partial charge in [0.05, 0.1) is 19.5 Å². The largest absolute Gasteiger partial charge is 0.481 e. The Hall–Kier alpha value is -3.57. The van der Waals surface area contributed by atoms with Crippen LogP contribution in [0.3, 0.4) is 0 Å². The number of aliphatic hydroxyl groups excluding tert-OH is 2. The Kier molecular flexibility index (Phi) is 14.4. The van der Waals surface area contributed by atoms with Crippen molar-refractivity contribution in [3.63, 3.8) is 0 Å². The average Bonchev–Trinajstić information content (AvgIpc) is 3.66. The van der Waals surface area contributed by atoms with Gasteiger partial charge in [0.1, 0.15) is 36.3 Å². The number of fused-ring (bicyclic) bond motifs is 1. The normalized spacial score (nSPS) is 22.9. The highest BCUT2D eigenvalue weighted by atomic mass is 31.3. The van der Waals surface area contributed by atoms with Crippen LogP contribution in [0.25, 0.3) is 11.2 Å². The van der Waals surface area contributed by atoms with Crippen molar-refractivity contribution < 1.29 is 80.5 Å². The lowest BCUT2D eigenvalue weighted by Gasteiger charge is -2.30. The van der Waals surface area contributed by atoms with Crippen molar-refractivity contribution in [2.45, 2.75) is 63.8 Å². The Labute approximate surface area is 318 Å². The van der Waals surface area contributed by atoms with Gasteiger partial charge in [-0.25, -0.2) is 28.6 Å². The minimum atomic E-state index is -5.59. The number of phosphoric acid groups is 3. The Morgan fingerprint density at radius 1 is 1.00 bits per heavy atom. The number of amides is 2. The summed E-state index contributed by atoms with van der Waals surface area (Å²) < 4.78 is 62.6. The summed E-state index contributed by atoms with van der Waals surface area (Å²) in [6.45, 7) is 1.52. The first-order chi connectivity index (χ1) is 25.9. The van der Waals surface area contributed by atoms with Gasteiger partial charge in [0, 0.05) is 36.9 Å². The lowest BCUT2D eigenvalue weighted by atomic mass is 9.87. The van der Waals surface area contributed by atoms with Gasteiger partial charge in [0.15, 0.2) is 23.0 Å². The summed E-state index contributed by atoms with van der Waals surface area (Å²) in [4.78, 5) is 88.1. The van der Waals surface area contributed by atoms with E-state index in [9.17, 15) is 57.9 Å². The lowest BCUT2D eigenvalue weighted by molar-refractivity contribution is -0.137. The first-order valence-electron chi connectivity index (χ1n) is 16.5. The molecule has 7 atom stereocenters. The molecule has 0 saturated carbocycles. The van der Waals surface area contributed by atoms with Crippen LogP contribution in [0, 0.1) is 5.41 Å². The molecule has 1 saturated heterocycles. The molecule has 1 aliphatic rings. The van der Waals surface area contributed by atoms with E-state index in [0.717, 1.165) is 17.2 Å². The van der Waals surface area contributed by atoms with Crippen LogP contribution < -0.4 is 16.4 Å². The monoisotopic (exact) mass is 853 g/mol. The number of carbonyl (C=O) groups excluding carboxylic acids is 3. The second-order valence-corrected chi connectivity index (χ2v) is 17.4. The number of hydrogen-bond donors (Lipinski definition) is 9. The minimum Gasteiger partial charge on any atom is -0.385 e. The fourth-order valence-electron chi connectivity index (χ4n) is 5.34. The zero-order valence-electron chi connectivity index (χ0n) is 30.0. The maximum atomic E-state index is 12.7. The fraction of sp³-hybridized carbons (Fsp3) is 0.517. The van der Waals surface area contributed by atoms with E-state index in [4.69, 9.17) is 24.0 Å². The molecule has 3 aromatic rings. The zero-order valence-corrected chi connectivity index (χ0v) is 32.7. The summed E-state index contributed by atoms with van der Waals surface area (Å²) in [5.74, 6) is -1.70. The van der Waals surface area contributed by atoms with Gasteiger partial charge in [0.25, 0.3) is 0 Å². The summed E-state index contributed by atoms with van der Waals surface area (Å²) >= 11 is 0. The molecule has 27 heteroatoms. The molecule has 7 unspecified atom stereocenters. The molecule has 1 aromatic carbocycles. The standard InChI is InChI=1S/C29H42N7O17P3/c1-28(2,24(40)27(41)32-12-10-20(38)31-11-9-18(37)17-7-5-4-6-8-17)14-50-56(47,48)53-55(45,46)49-13-19-22(52-54(42,43)44)23(39)29(3,51-19)36-16-35-21-25(30)33-15-34-26(21)36/h4-8,15-16,19,22-24,39-40H,9-14H2,1-3H3,(H,31,38)(H,32,41)(H,45,46)(H,47,48)(H2,30,33,34)(H2,42,43,44). The zero-order chi connectivity index (χ0) is 41.7. The number of imidazole rings is 1. The van der Waals surface area contributed by atoms with Gasteiger partial charge in [-0.05, 0) is 6.92 Å². The first-order valence-corrected chi connectivity index (χ1v) is 21.0. The molecule has 0 aliphatic carbocycles. The van der Waals surface area contributed by atoms with Crippen LogP contribution in [0.15, 0.2) is 43.0 Å². The maximum Gasteiger partial charge on any atom is 0.481 e. The number of ketones is 1. The van der Waals surface area contributed by atoms with Crippen molar-refractivity contribution in [1.29, 1.82) is 0 Å². The van der Waals surface area contributed by atoms with Gasteiger partial charge < -0.3 is 50.9 Å². The topological polar surface area (TPSA) is 364 Å². The van der Waals surface area contributed by atoms with Crippen LogP contribution in [0.2, 0.25) is 0 Å². The van der Waals surface area contributed by atoms with E-state index >= 15 is 0 Å². The molecule has 1 fully saturated rings. The van der Waals surface area contributed by atoms with Gasteiger partial charge in [0.2, 0.25) is 11.8 Å². The third-order valence-corrected chi connectivity index (χ3v) is 11.4. The number of aliphatic hydroxyl groups is 2. The number of Topliss-reactive ketones (excluding diaryl/α,β-unsaturated/α-hetero) is 1. The van der Waals surface area contributed by atoms with Crippen molar-refractivity contribution in [1.82, 2.24) is 30.2 Å². The number of ether oxygens (including phenoxy) is 1. The van der Waals surface area contributed by atoms with Gasteiger partial charge in [-0.1, -0.05) is 44.2 Å². The van der Waals surface area contributed by atoms with Crippen molar-refractivity contribution in [2.24, 2.45) is 5.41 Å². The molecular formula is C29H42N7O17P3. The molecule has 24 nitrogen and oxygen atoms in total. The smallest absolute Gasteiger partial charge is 0.385 e. The predicted molar refractivity (Wildman–Crippen MR) is 190 cm³/mol.